The predicted octanol–water partition coefficient (Wildman–Crippen LogP) is 2.01. The molecule has 2 aromatic rings. The van der Waals surface area contributed by atoms with Gasteiger partial charge < -0.3 is 4.74 Å². The van der Waals surface area contributed by atoms with Gasteiger partial charge in [0.05, 0.1) is 17.6 Å². The summed E-state index contributed by atoms with van der Waals surface area (Å²) in [5.74, 6) is -0.512. The molecule has 0 aliphatic carbocycles. The van der Waals surface area contributed by atoms with Crippen molar-refractivity contribution in [2.45, 2.75) is 30.4 Å². The van der Waals surface area contributed by atoms with Gasteiger partial charge in [0.15, 0.2) is 0 Å². The van der Waals surface area contributed by atoms with Gasteiger partial charge in [-0.15, -0.1) is 0 Å². The van der Waals surface area contributed by atoms with Crippen LogP contribution in [0.5, 0.6) is 0 Å². The van der Waals surface area contributed by atoms with Crippen molar-refractivity contribution in [3.63, 3.8) is 0 Å². The minimum atomic E-state index is -3.72. The van der Waals surface area contributed by atoms with Gasteiger partial charge in [0.25, 0.3) is 5.91 Å². The molecule has 0 bridgehead atoms. The van der Waals surface area contributed by atoms with Crippen LogP contribution in [-0.2, 0) is 26.2 Å². The van der Waals surface area contributed by atoms with Gasteiger partial charge in [-0.1, -0.05) is 36.4 Å². The highest BCUT2D eigenvalue weighted by Gasteiger charge is 2.21. The van der Waals surface area contributed by atoms with Gasteiger partial charge >= 0.3 is 0 Å². The Morgan fingerprint density at radius 3 is 2.70 bits per heavy atom. The summed E-state index contributed by atoms with van der Waals surface area (Å²) < 4.78 is 32.8. The molecule has 1 unspecified atom stereocenters. The molecule has 8 heteroatoms. The van der Waals surface area contributed by atoms with Crippen molar-refractivity contribution in [3.8, 4) is 0 Å². The first kappa shape index (κ1) is 19.5. The molecule has 2 aromatic carbocycles. The van der Waals surface area contributed by atoms with Gasteiger partial charge in [-0.3, -0.25) is 9.63 Å². The SMILES string of the molecule is O=C(NOCc1ccccc1)c1cccc(S(=O)(=O)NCC2CCCO2)c1. The maximum absolute atomic E-state index is 12.4. The molecule has 1 heterocycles. The molecule has 1 fully saturated rings. The summed E-state index contributed by atoms with van der Waals surface area (Å²) in [7, 11) is -3.72. The van der Waals surface area contributed by atoms with Crippen molar-refractivity contribution in [1.29, 1.82) is 0 Å². The van der Waals surface area contributed by atoms with E-state index in [1.165, 1.54) is 24.3 Å². The van der Waals surface area contributed by atoms with Crippen LogP contribution in [0.3, 0.4) is 0 Å². The molecule has 27 heavy (non-hydrogen) atoms. The fourth-order valence-corrected chi connectivity index (χ4v) is 3.83. The normalized spacial score (nSPS) is 17.0. The fraction of sp³-hybridized carbons (Fsp3) is 0.316. The van der Waals surface area contributed by atoms with E-state index in [1.54, 1.807) is 0 Å². The first-order valence-corrected chi connectivity index (χ1v) is 10.2. The molecule has 3 rings (SSSR count). The lowest BCUT2D eigenvalue weighted by atomic mass is 10.2. The van der Waals surface area contributed by atoms with Crippen LogP contribution in [0.15, 0.2) is 59.5 Å². The van der Waals surface area contributed by atoms with E-state index in [2.05, 4.69) is 10.2 Å². The Hall–Kier alpha value is -2.26. The average Bonchev–Trinajstić information content (AvgIpc) is 3.21. The minimum Gasteiger partial charge on any atom is -0.377 e. The highest BCUT2D eigenvalue weighted by molar-refractivity contribution is 7.89. The summed E-state index contributed by atoms with van der Waals surface area (Å²) in [5.41, 5.74) is 3.44. The molecular formula is C19H22N2O5S. The number of amides is 1. The largest absolute Gasteiger partial charge is 0.377 e. The van der Waals surface area contributed by atoms with Crippen molar-refractivity contribution >= 4 is 15.9 Å². The minimum absolute atomic E-state index is 0.0243. The molecule has 1 aliphatic rings. The van der Waals surface area contributed by atoms with E-state index >= 15 is 0 Å². The van der Waals surface area contributed by atoms with Crippen molar-refractivity contribution < 1.29 is 22.8 Å². The van der Waals surface area contributed by atoms with Gasteiger partial charge in [-0.25, -0.2) is 18.6 Å². The lowest BCUT2D eigenvalue weighted by molar-refractivity contribution is 0.0233. The Morgan fingerprint density at radius 2 is 1.96 bits per heavy atom. The molecule has 0 aromatic heterocycles. The molecule has 1 saturated heterocycles. The van der Waals surface area contributed by atoms with Crippen LogP contribution in [-0.4, -0.2) is 33.6 Å². The third-order valence-electron chi connectivity index (χ3n) is 4.18. The van der Waals surface area contributed by atoms with E-state index in [9.17, 15) is 13.2 Å². The number of nitrogens with one attached hydrogen (secondary N) is 2. The van der Waals surface area contributed by atoms with Gasteiger partial charge in [0, 0.05) is 18.7 Å². The van der Waals surface area contributed by atoms with Crippen molar-refractivity contribution in [2.24, 2.45) is 0 Å². The van der Waals surface area contributed by atoms with Crippen molar-refractivity contribution in [1.82, 2.24) is 10.2 Å². The number of hydrogen-bond donors (Lipinski definition) is 2. The van der Waals surface area contributed by atoms with Crippen molar-refractivity contribution in [2.75, 3.05) is 13.2 Å². The quantitative estimate of drug-likeness (QED) is 0.673. The summed E-state index contributed by atoms with van der Waals surface area (Å²) in [5, 5.41) is 0. The first-order valence-electron chi connectivity index (χ1n) is 8.72. The molecule has 0 spiro atoms. The molecule has 1 atom stereocenters. The van der Waals surface area contributed by atoms with Crippen molar-refractivity contribution in [3.05, 3.63) is 65.7 Å². The standard InChI is InChI=1S/C19H22N2O5S/c22-19(21-26-14-15-6-2-1-3-7-15)16-8-4-10-18(12-16)27(23,24)20-13-17-9-5-11-25-17/h1-4,6-8,10,12,17,20H,5,9,11,13-14H2,(H,21,22). The number of carbonyl (C=O) groups excluding carboxylic acids is 1. The van der Waals surface area contributed by atoms with Crippen LogP contribution in [0.1, 0.15) is 28.8 Å². The Kier molecular flexibility index (Phi) is 6.57. The molecule has 2 N–H and O–H groups in total. The smallest absolute Gasteiger partial charge is 0.274 e. The average molecular weight is 390 g/mol. The fourth-order valence-electron chi connectivity index (χ4n) is 2.71. The zero-order chi connectivity index (χ0) is 19.1. The van der Waals surface area contributed by atoms with E-state index < -0.39 is 15.9 Å². The maximum Gasteiger partial charge on any atom is 0.274 e. The van der Waals surface area contributed by atoms with Gasteiger partial charge in [-0.05, 0) is 36.6 Å². The number of rotatable bonds is 8. The molecule has 0 radical (unpaired) electrons. The second-order valence-corrected chi connectivity index (χ2v) is 7.99. The Bertz CT molecular complexity index is 865. The second-order valence-electron chi connectivity index (χ2n) is 6.22. The van der Waals surface area contributed by atoms with Crippen LogP contribution in [0.2, 0.25) is 0 Å². The van der Waals surface area contributed by atoms with Crippen LogP contribution in [0, 0.1) is 0 Å². The number of hydroxylamine groups is 1. The van der Waals surface area contributed by atoms with Crippen LogP contribution < -0.4 is 10.2 Å². The van der Waals surface area contributed by atoms with Crippen LogP contribution in [0.25, 0.3) is 0 Å². The molecule has 0 saturated carbocycles. The van der Waals surface area contributed by atoms with E-state index in [1.807, 2.05) is 30.3 Å². The van der Waals surface area contributed by atoms with E-state index in [0.29, 0.717) is 6.61 Å². The zero-order valence-electron chi connectivity index (χ0n) is 14.8. The number of benzene rings is 2. The molecule has 1 amide bonds. The molecule has 1 aliphatic heterocycles. The molecular weight excluding hydrogens is 368 g/mol. The monoisotopic (exact) mass is 390 g/mol. The van der Waals surface area contributed by atoms with E-state index in [0.717, 1.165) is 18.4 Å². The summed E-state index contributed by atoms with van der Waals surface area (Å²) in [6.07, 6.45) is 1.67. The number of ether oxygens (including phenoxy) is 1. The highest BCUT2D eigenvalue weighted by atomic mass is 32.2. The number of carbonyl (C=O) groups is 1. The first-order chi connectivity index (χ1) is 13.0. The topological polar surface area (TPSA) is 93.7 Å². The Balaban J connectivity index is 1.57. The van der Waals surface area contributed by atoms with Gasteiger partial charge in [0.2, 0.25) is 10.0 Å². The Labute approximate surface area is 158 Å². The highest BCUT2D eigenvalue weighted by Crippen LogP contribution is 2.14. The zero-order valence-corrected chi connectivity index (χ0v) is 15.6. The number of hydrogen-bond acceptors (Lipinski definition) is 5. The molecule has 7 nitrogen and oxygen atoms in total. The molecule has 144 valence electrons. The maximum atomic E-state index is 12.4. The summed E-state index contributed by atoms with van der Waals surface area (Å²) in [6.45, 7) is 1.09. The second kappa shape index (κ2) is 9.09. The lowest BCUT2D eigenvalue weighted by Crippen LogP contribution is -2.32. The van der Waals surface area contributed by atoms with E-state index in [-0.39, 0.29) is 29.7 Å². The summed E-state index contributed by atoms with van der Waals surface area (Å²) >= 11 is 0. The third kappa shape index (κ3) is 5.61. The van der Waals surface area contributed by atoms with E-state index in [4.69, 9.17) is 9.57 Å². The van der Waals surface area contributed by atoms with Gasteiger partial charge in [-0.2, -0.15) is 0 Å². The summed E-state index contributed by atoms with van der Waals surface area (Å²) in [4.78, 5) is 17.4. The Morgan fingerprint density at radius 1 is 1.15 bits per heavy atom. The van der Waals surface area contributed by atoms with Gasteiger partial charge in [0.1, 0.15) is 0 Å². The van der Waals surface area contributed by atoms with Crippen LogP contribution >= 0.6 is 0 Å². The predicted molar refractivity (Wildman–Crippen MR) is 99.3 cm³/mol. The number of sulfonamides is 1. The van der Waals surface area contributed by atoms with Crippen LogP contribution in [0.4, 0.5) is 0 Å². The lowest BCUT2D eigenvalue weighted by Gasteiger charge is -2.12. The third-order valence-corrected chi connectivity index (χ3v) is 5.60. The summed E-state index contributed by atoms with van der Waals surface area (Å²) in [6, 6.07) is 15.2.